The molecule has 1 N–H and O–H groups in total. The fraction of sp³-hybridized carbons (Fsp3) is 0.312. The van der Waals surface area contributed by atoms with E-state index in [1.54, 1.807) is 29.6 Å². The van der Waals surface area contributed by atoms with Crippen molar-refractivity contribution in [2.24, 2.45) is 5.92 Å². The molecule has 9 heteroatoms. The van der Waals surface area contributed by atoms with E-state index in [1.807, 2.05) is 49.4 Å². The lowest BCUT2D eigenvalue weighted by molar-refractivity contribution is 0.0325. The number of para-hydroxylation sites is 1. The zero-order valence-electron chi connectivity index (χ0n) is 23.6. The van der Waals surface area contributed by atoms with Crippen LogP contribution in [0.15, 0.2) is 85.6 Å². The summed E-state index contributed by atoms with van der Waals surface area (Å²) in [6.07, 6.45) is 6.26. The molecule has 0 unspecified atom stereocenters. The number of hydrogen-bond donors (Lipinski definition) is 1. The lowest BCUT2D eigenvalue weighted by Crippen LogP contribution is -2.49. The molecule has 1 aliphatic heterocycles. The van der Waals surface area contributed by atoms with Gasteiger partial charge in [-0.1, -0.05) is 37.3 Å². The number of pyridine rings is 1. The second-order valence-corrected chi connectivity index (χ2v) is 10.6. The van der Waals surface area contributed by atoms with Gasteiger partial charge in [-0.2, -0.15) is 0 Å². The van der Waals surface area contributed by atoms with E-state index in [2.05, 4.69) is 46.0 Å². The number of fused-ring (bicyclic) bond motifs is 1. The van der Waals surface area contributed by atoms with Crippen molar-refractivity contribution in [2.75, 3.05) is 26.7 Å². The lowest BCUT2D eigenvalue weighted by atomic mass is 9.99. The van der Waals surface area contributed by atoms with Crippen molar-refractivity contribution in [2.45, 2.75) is 32.5 Å². The molecule has 3 atom stereocenters. The number of rotatable bonds is 9. The molecule has 0 spiro atoms. The maximum absolute atomic E-state index is 13.7. The van der Waals surface area contributed by atoms with E-state index in [4.69, 9.17) is 9.47 Å². The SMILES string of the molecule is C[C@@H]1CN([C@H](C)CO)C(=O)c2cc(-c3cncnc3)cnc2O[C@H]1CN(C)Cc1ccc(Oc2ccccc2)cc1. The van der Waals surface area contributed by atoms with Crippen LogP contribution in [0.2, 0.25) is 0 Å². The highest BCUT2D eigenvalue weighted by molar-refractivity contribution is 5.98. The monoisotopic (exact) mass is 553 g/mol. The third-order valence-corrected chi connectivity index (χ3v) is 7.26. The smallest absolute Gasteiger partial charge is 0.259 e. The summed E-state index contributed by atoms with van der Waals surface area (Å²) in [6.45, 7) is 5.56. The van der Waals surface area contributed by atoms with Crippen molar-refractivity contribution >= 4 is 5.91 Å². The molecule has 1 amide bonds. The van der Waals surface area contributed by atoms with E-state index in [1.165, 1.54) is 6.33 Å². The van der Waals surface area contributed by atoms with Gasteiger partial charge in [0.25, 0.3) is 5.91 Å². The molecular formula is C32H35N5O4. The highest BCUT2D eigenvalue weighted by atomic mass is 16.5. The Morgan fingerprint density at radius 2 is 1.76 bits per heavy atom. The average molecular weight is 554 g/mol. The minimum atomic E-state index is -0.352. The van der Waals surface area contributed by atoms with E-state index < -0.39 is 0 Å². The topological polar surface area (TPSA) is 101 Å². The van der Waals surface area contributed by atoms with Gasteiger partial charge in [0.15, 0.2) is 0 Å². The first-order valence-corrected chi connectivity index (χ1v) is 13.8. The molecule has 0 aliphatic carbocycles. The maximum Gasteiger partial charge on any atom is 0.259 e. The van der Waals surface area contributed by atoms with Crippen LogP contribution < -0.4 is 9.47 Å². The van der Waals surface area contributed by atoms with E-state index >= 15 is 0 Å². The number of likely N-dealkylation sites (N-methyl/N-ethyl adjacent to an activating group) is 1. The zero-order chi connectivity index (χ0) is 28.8. The van der Waals surface area contributed by atoms with Crippen LogP contribution in [0, 0.1) is 5.92 Å². The van der Waals surface area contributed by atoms with Gasteiger partial charge in [0, 0.05) is 55.3 Å². The molecule has 0 saturated heterocycles. The van der Waals surface area contributed by atoms with E-state index in [0.717, 1.165) is 28.2 Å². The highest BCUT2D eigenvalue weighted by Gasteiger charge is 2.34. The molecule has 2 aromatic carbocycles. The van der Waals surface area contributed by atoms with Gasteiger partial charge in [-0.05, 0) is 49.9 Å². The van der Waals surface area contributed by atoms with Crippen molar-refractivity contribution in [1.29, 1.82) is 0 Å². The lowest BCUT2D eigenvalue weighted by Gasteiger charge is -2.37. The highest BCUT2D eigenvalue weighted by Crippen LogP contribution is 2.30. The van der Waals surface area contributed by atoms with Crippen LogP contribution in [0.4, 0.5) is 0 Å². The fourth-order valence-corrected chi connectivity index (χ4v) is 4.90. The number of ether oxygens (including phenoxy) is 2. The van der Waals surface area contributed by atoms with Crippen molar-refractivity contribution < 1.29 is 19.4 Å². The molecule has 4 aromatic rings. The predicted molar refractivity (Wildman–Crippen MR) is 156 cm³/mol. The Morgan fingerprint density at radius 1 is 1.05 bits per heavy atom. The molecule has 1 aliphatic rings. The summed E-state index contributed by atoms with van der Waals surface area (Å²) in [5.41, 5.74) is 2.98. The molecule has 41 heavy (non-hydrogen) atoms. The van der Waals surface area contributed by atoms with Crippen LogP contribution in [-0.2, 0) is 6.54 Å². The number of carbonyl (C=O) groups excluding carboxylic acids is 1. The number of nitrogens with zero attached hydrogens (tertiary/aromatic N) is 5. The molecule has 212 valence electrons. The normalized spacial score (nSPS) is 17.8. The number of amides is 1. The van der Waals surface area contributed by atoms with Gasteiger partial charge in [0.1, 0.15) is 29.5 Å². The molecule has 0 radical (unpaired) electrons. The molecule has 9 nitrogen and oxygen atoms in total. The summed E-state index contributed by atoms with van der Waals surface area (Å²) < 4.78 is 12.4. The Labute approximate surface area is 240 Å². The molecule has 2 aromatic heterocycles. The van der Waals surface area contributed by atoms with Crippen LogP contribution in [0.25, 0.3) is 11.1 Å². The molecule has 3 heterocycles. The quantitative estimate of drug-likeness (QED) is 0.319. The third kappa shape index (κ3) is 6.87. The average Bonchev–Trinajstić information content (AvgIpc) is 3.00. The first-order valence-electron chi connectivity index (χ1n) is 13.8. The first-order chi connectivity index (χ1) is 19.9. The van der Waals surface area contributed by atoms with Crippen LogP contribution in [0.5, 0.6) is 17.4 Å². The molecule has 5 rings (SSSR count). The number of carbonyl (C=O) groups is 1. The summed E-state index contributed by atoms with van der Waals surface area (Å²) >= 11 is 0. The molecule has 0 fully saturated rings. The number of aromatic nitrogens is 3. The van der Waals surface area contributed by atoms with E-state index in [-0.39, 0.29) is 36.5 Å². The Balaban J connectivity index is 1.33. The largest absolute Gasteiger partial charge is 0.472 e. The molecular weight excluding hydrogens is 518 g/mol. The van der Waals surface area contributed by atoms with Gasteiger partial charge < -0.3 is 19.5 Å². The summed E-state index contributed by atoms with van der Waals surface area (Å²) in [7, 11) is 2.05. The van der Waals surface area contributed by atoms with Gasteiger partial charge in [0.2, 0.25) is 5.88 Å². The second-order valence-electron chi connectivity index (χ2n) is 10.6. The fourth-order valence-electron chi connectivity index (χ4n) is 4.90. The molecule has 0 saturated carbocycles. The Morgan fingerprint density at radius 3 is 2.46 bits per heavy atom. The van der Waals surface area contributed by atoms with Gasteiger partial charge in [0.05, 0.1) is 12.6 Å². The predicted octanol–water partition coefficient (Wildman–Crippen LogP) is 4.68. The van der Waals surface area contributed by atoms with Crippen molar-refractivity contribution in [3.05, 3.63) is 96.7 Å². The Kier molecular flexibility index (Phi) is 8.86. The zero-order valence-corrected chi connectivity index (χ0v) is 23.6. The Bertz CT molecular complexity index is 1440. The van der Waals surface area contributed by atoms with Gasteiger partial charge in [-0.15, -0.1) is 0 Å². The van der Waals surface area contributed by atoms with Gasteiger partial charge >= 0.3 is 0 Å². The number of aliphatic hydroxyl groups is 1. The maximum atomic E-state index is 13.7. The third-order valence-electron chi connectivity index (χ3n) is 7.26. The van der Waals surface area contributed by atoms with E-state index in [9.17, 15) is 9.90 Å². The minimum absolute atomic E-state index is 0.00537. The van der Waals surface area contributed by atoms with Crippen LogP contribution in [-0.4, -0.2) is 74.7 Å². The summed E-state index contributed by atoms with van der Waals surface area (Å²) in [5, 5.41) is 9.94. The van der Waals surface area contributed by atoms with Crippen molar-refractivity contribution in [1.82, 2.24) is 24.8 Å². The van der Waals surface area contributed by atoms with Crippen LogP contribution in [0.3, 0.4) is 0 Å². The standard InChI is InChI=1S/C32H35N5O4/c1-22-17-37(23(2)20-38)32(39)29-13-25(26-14-33-21-34-15-26)16-35-31(29)41-30(22)19-36(3)18-24-9-11-28(12-10-24)40-27-7-5-4-6-8-27/h4-16,21-23,30,38H,17-20H2,1-3H3/t22-,23-,30+/m1/s1. The summed E-state index contributed by atoms with van der Waals surface area (Å²) in [4.78, 5) is 30.3. The van der Waals surface area contributed by atoms with Crippen LogP contribution in [0.1, 0.15) is 29.8 Å². The second kappa shape index (κ2) is 12.9. The van der Waals surface area contributed by atoms with Gasteiger partial charge in [-0.25, -0.2) is 15.0 Å². The number of aliphatic hydroxyl groups excluding tert-OH is 1. The van der Waals surface area contributed by atoms with Crippen molar-refractivity contribution in [3.8, 4) is 28.5 Å². The number of benzene rings is 2. The van der Waals surface area contributed by atoms with E-state index in [0.29, 0.717) is 25.2 Å². The minimum Gasteiger partial charge on any atom is -0.472 e. The summed E-state index contributed by atoms with van der Waals surface area (Å²) in [6, 6.07) is 19.2. The Hall–Kier alpha value is -4.34. The first kappa shape index (κ1) is 28.2. The van der Waals surface area contributed by atoms with Gasteiger partial charge in [-0.3, -0.25) is 9.69 Å². The van der Waals surface area contributed by atoms with Crippen LogP contribution >= 0.6 is 0 Å². The number of hydrogen-bond acceptors (Lipinski definition) is 8. The molecule has 0 bridgehead atoms. The van der Waals surface area contributed by atoms with Crippen molar-refractivity contribution in [3.63, 3.8) is 0 Å². The summed E-state index contributed by atoms with van der Waals surface area (Å²) in [5.74, 6) is 1.65.